The SMILES string of the molecule is CCCCC(CC)(CC)C(=O)O.[Nd]. The van der Waals surface area contributed by atoms with Crippen LogP contribution in [0.5, 0.6) is 0 Å². The Hall–Kier alpha value is 0.821. The van der Waals surface area contributed by atoms with Gasteiger partial charge in [0.25, 0.3) is 0 Å². The molecular formula is C10H20NdO2. The summed E-state index contributed by atoms with van der Waals surface area (Å²) >= 11 is 0. The van der Waals surface area contributed by atoms with Gasteiger partial charge in [-0.1, -0.05) is 33.6 Å². The molecule has 0 aromatic carbocycles. The van der Waals surface area contributed by atoms with Crippen LogP contribution in [0.2, 0.25) is 0 Å². The van der Waals surface area contributed by atoms with Gasteiger partial charge in [-0.2, -0.15) is 0 Å². The maximum Gasteiger partial charge on any atom is 0.309 e. The molecule has 1 N–H and O–H groups in total. The Morgan fingerprint density at radius 3 is 1.92 bits per heavy atom. The molecule has 0 bridgehead atoms. The number of rotatable bonds is 6. The van der Waals surface area contributed by atoms with Crippen LogP contribution in [0.15, 0.2) is 0 Å². The van der Waals surface area contributed by atoms with Crippen molar-refractivity contribution in [3.8, 4) is 0 Å². The standard InChI is InChI=1S/C10H20O2.Nd/c1-4-7-8-10(5-2,6-3)9(11)12;/h4-8H2,1-3H3,(H,11,12);. The Morgan fingerprint density at radius 1 is 1.23 bits per heavy atom. The van der Waals surface area contributed by atoms with E-state index in [1.165, 1.54) is 0 Å². The van der Waals surface area contributed by atoms with Crippen molar-refractivity contribution in [2.24, 2.45) is 5.41 Å². The quantitative estimate of drug-likeness (QED) is 0.818. The van der Waals surface area contributed by atoms with Gasteiger partial charge in [-0.3, -0.25) is 4.79 Å². The van der Waals surface area contributed by atoms with Gasteiger partial charge in [0.15, 0.2) is 0 Å². The zero-order chi connectivity index (χ0) is 9.61. The first-order chi connectivity index (χ1) is 5.63. The van der Waals surface area contributed by atoms with E-state index in [0.29, 0.717) is 0 Å². The first kappa shape index (κ1) is 16.3. The van der Waals surface area contributed by atoms with Crippen LogP contribution in [-0.4, -0.2) is 11.1 Å². The number of hydrogen-bond donors (Lipinski definition) is 1. The van der Waals surface area contributed by atoms with Gasteiger partial charge in [0.1, 0.15) is 0 Å². The maximum absolute atomic E-state index is 11.0. The van der Waals surface area contributed by atoms with E-state index in [9.17, 15) is 4.79 Å². The molecule has 0 rings (SSSR count). The molecule has 0 aromatic heterocycles. The monoisotopic (exact) mass is 314 g/mol. The average Bonchev–Trinajstić information content (AvgIpc) is 2.07. The molecule has 0 aliphatic heterocycles. The van der Waals surface area contributed by atoms with Gasteiger partial charge >= 0.3 is 5.97 Å². The van der Waals surface area contributed by atoms with Crippen molar-refractivity contribution in [1.29, 1.82) is 0 Å². The van der Waals surface area contributed by atoms with Gasteiger partial charge < -0.3 is 5.11 Å². The molecule has 0 aliphatic rings. The number of carboxylic acids is 1. The molecule has 0 aliphatic carbocycles. The molecule has 0 saturated heterocycles. The van der Waals surface area contributed by atoms with E-state index in [2.05, 4.69) is 6.92 Å². The summed E-state index contributed by atoms with van der Waals surface area (Å²) in [6.07, 6.45) is 4.42. The second-order valence-corrected chi connectivity index (χ2v) is 3.40. The molecule has 0 fully saturated rings. The minimum Gasteiger partial charge on any atom is -0.481 e. The molecule has 0 saturated carbocycles. The number of carboxylic acid groups (broad SMARTS) is 1. The Kier molecular flexibility index (Phi) is 10.2. The average molecular weight is 317 g/mol. The molecule has 13 heavy (non-hydrogen) atoms. The van der Waals surface area contributed by atoms with Crippen LogP contribution in [0.1, 0.15) is 52.9 Å². The molecule has 0 amide bonds. The van der Waals surface area contributed by atoms with Crippen LogP contribution in [0.25, 0.3) is 0 Å². The summed E-state index contributed by atoms with van der Waals surface area (Å²) in [7, 11) is 0. The molecule has 0 heterocycles. The maximum atomic E-state index is 11.0. The van der Waals surface area contributed by atoms with Crippen LogP contribution in [0.3, 0.4) is 0 Å². The van der Waals surface area contributed by atoms with Crippen LogP contribution < -0.4 is 0 Å². The van der Waals surface area contributed by atoms with E-state index >= 15 is 0 Å². The summed E-state index contributed by atoms with van der Waals surface area (Å²) in [4.78, 5) is 11.0. The zero-order valence-electron chi connectivity index (χ0n) is 8.89. The van der Waals surface area contributed by atoms with Crippen LogP contribution >= 0.6 is 0 Å². The van der Waals surface area contributed by atoms with Gasteiger partial charge in [-0.05, 0) is 19.3 Å². The molecule has 2 nitrogen and oxygen atoms in total. The van der Waals surface area contributed by atoms with Crippen molar-refractivity contribution in [3.63, 3.8) is 0 Å². The zero-order valence-corrected chi connectivity index (χ0v) is 12.1. The van der Waals surface area contributed by atoms with Gasteiger partial charge in [-0.15, -0.1) is 0 Å². The number of hydrogen-bond acceptors (Lipinski definition) is 1. The van der Waals surface area contributed by atoms with Crippen molar-refractivity contribution in [1.82, 2.24) is 0 Å². The number of aliphatic carboxylic acids is 1. The van der Waals surface area contributed by atoms with E-state index in [1.54, 1.807) is 0 Å². The molecule has 0 aromatic rings. The Bertz CT molecular complexity index is 142. The molecule has 0 radical (unpaired) electrons. The fourth-order valence-electron chi connectivity index (χ4n) is 1.53. The van der Waals surface area contributed by atoms with Gasteiger partial charge in [0.05, 0.1) is 5.41 Å². The third-order valence-corrected chi connectivity index (χ3v) is 2.82. The van der Waals surface area contributed by atoms with Crippen LogP contribution in [0.4, 0.5) is 0 Å². The first-order valence-electron chi connectivity index (χ1n) is 4.86. The normalized spacial score (nSPS) is 10.7. The Morgan fingerprint density at radius 2 is 1.69 bits per heavy atom. The molecular weight excluding hydrogens is 296 g/mol. The van der Waals surface area contributed by atoms with E-state index in [0.717, 1.165) is 32.1 Å². The van der Waals surface area contributed by atoms with E-state index < -0.39 is 11.4 Å². The molecule has 0 unspecified atom stereocenters. The summed E-state index contributed by atoms with van der Waals surface area (Å²) in [5.74, 6) is -0.624. The topological polar surface area (TPSA) is 37.3 Å². The second-order valence-electron chi connectivity index (χ2n) is 3.40. The van der Waals surface area contributed by atoms with Crippen molar-refractivity contribution >= 4 is 5.97 Å². The Balaban J connectivity index is 0. The van der Waals surface area contributed by atoms with Crippen molar-refractivity contribution in [2.75, 3.05) is 0 Å². The number of unbranched alkanes of at least 4 members (excludes halogenated alkanes) is 1. The fourth-order valence-corrected chi connectivity index (χ4v) is 1.53. The fraction of sp³-hybridized carbons (Fsp3) is 0.900. The van der Waals surface area contributed by atoms with Crippen molar-refractivity contribution in [2.45, 2.75) is 52.9 Å². The number of carbonyl (C=O) groups is 1. The summed E-state index contributed by atoms with van der Waals surface area (Å²) in [5, 5.41) is 9.05. The summed E-state index contributed by atoms with van der Waals surface area (Å²) in [6.45, 7) is 6.03. The van der Waals surface area contributed by atoms with Gasteiger partial charge in [0.2, 0.25) is 0 Å². The smallest absolute Gasteiger partial charge is 0.309 e. The molecule has 0 spiro atoms. The largest absolute Gasteiger partial charge is 0.481 e. The van der Waals surface area contributed by atoms with E-state index in [-0.39, 0.29) is 40.8 Å². The minimum absolute atomic E-state index is 0. The predicted molar refractivity (Wildman–Crippen MR) is 50.2 cm³/mol. The van der Waals surface area contributed by atoms with E-state index in [1.807, 2.05) is 13.8 Å². The predicted octanol–water partition coefficient (Wildman–Crippen LogP) is 3.07. The second kappa shape index (κ2) is 8.16. The molecule has 0 atom stereocenters. The van der Waals surface area contributed by atoms with E-state index in [4.69, 9.17) is 5.11 Å². The Labute approximate surface area is 114 Å². The third kappa shape index (κ3) is 4.73. The van der Waals surface area contributed by atoms with Crippen molar-refractivity contribution in [3.05, 3.63) is 0 Å². The van der Waals surface area contributed by atoms with Gasteiger partial charge in [0, 0.05) is 40.8 Å². The third-order valence-electron chi connectivity index (χ3n) is 2.82. The summed E-state index contributed by atoms with van der Waals surface area (Å²) in [6, 6.07) is 0. The summed E-state index contributed by atoms with van der Waals surface area (Å²) in [5.41, 5.74) is -0.448. The summed E-state index contributed by atoms with van der Waals surface area (Å²) < 4.78 is 0. The van der Waals surface area contributed by atoms with Crippen LogP contribution in [-0.2, 0) is 4.79 Å². The molecule has 3 heteroatoms. The first-order valence-corrected chi connectivity index (χ1v) is 4.86. The van der Waals surface area contributed by atoms with Gasteiger partial charge in [-0.25, -0.2) is 0 Å². The van der Waals surface area contributed by atoms with Crippen LogP contribution in [0, 0.1) is 46.3 Å². The van der Waals surface area contributed by atoms with Crippen molar-refractivity contribution < 1.29 is 50.7 Å². The minimum atomic E-state index is -0.624. The molecule has 76 valence electrons.